The zero-order valence-electron chi connectivity index (χ0n) is 17.6. The van der Waals surface area contributed by atoms with Gasteiger partial charge in [0.1, 0.15) is 11.3 Å². The van der Waals surface area contributed by atoms with E-state index < -0.39 is 5.60 Å². The first-order chi connectivity index (χ1) is 14.3. The molecule has 0 atom stereocenters. The van der Waals surface area contributed by atoms with E-state index >= 15 is 0 Å². The Hall–Kier alpha value is -3.40. The minimum Gasteiger partial charge on any atom is -0.384 e. The Balaban J connectivity index is 1.73. The second kappa shape index (κ2) is 8.95. The Bertz CT molecular complexity index is 984. The zero-order chi connectivity index (χ0) is 21.7. The van der Waals surface area contributed by atoms with E-state index in [2.05, 4.69) is 25.1 Å². The van der Waals surface area contributed by atoms with Crippen molar-refractivity contribution in [2.45, 2.75) is 26.4 Å². The number of hydrogen-bond acceptors (Lipinski definition) is 8. The predicted molar refractivity (Wildman–Crippen MR) is 111 cm³/mol. The summed E-state index contributed by atoms with van der Waals surface area (Å²) in [6.45, 7) is 6.74. The monoisotopic (exact) mass is 410 g/mol. The van der Waals surface area contributed by atoms with Gasteiger partial charge >= 0.3 is 0 Å². The van der Waals surface area contributed by atoms with Gasteiger partial charge in [0.2, 0.25) is 5.95 Å². The second-order valence-corrected chi connectivity index (χ2v) is 7.30. The van der Waals surface area contributed by atoms with Gasteiger partial charge < -0.3 is 14.9 Å². The van der Waals surface area contributed by atoms with Crippen LogP contribution in [0.5, 0.6) is 0 Å². The van der Waals surface area contributed by atoms with E-state index in [1.807, 2.05) is 18.9 Å². The van der Waals surface area contributed by atoms with Crippen LogP contribution in [0.3, 0.4) is 0 Å². The van der Waals surface area contributed by atoms with Crippen molar-refractivity contribution >= 4 is 11.9 Å². The Kier molecular flexibility index (Phi) is 6.36. The first kappa shape index (κ1) is 21.3. The number of carbonyl (C=O) groups excluding carboxylic acids is 1. The van der Waals surface area contributed by atoms with Crippen molar-refractivity contribution in [2.24, 2.45) is 0 Å². The molecule has 0 unspecified atom stereocenters. The topological polar surface area (TPSA) is 113 Å². The normalized spacial score (nSPS) is 11.4. The van der Waals surface area contributed by atoms with Gasteiger partial charge in [0.15, 0.2) is 5.69 Å². The molecule has 30 heavy (non-hydrogen) atoms. The molecule has 3 rings (SSSR count). The van der Waals surface area contributed by atoms with Crippen LogP contribution in [0.15, 0.2) is 43.0 Å². The highest BCUT2D eigenvalue weighted by Gasteiger charge is 2.22. The maximum atomic E-state index is 13.1. The highest BCUT2D eigenvalue weighted by molar-refractivity contribution is 5.95. The maximum absolute atomic E-state index is 13.1. The summed E-state index contributed by atoms with van der Waals surface area (Å²) >= 11 is 0. The van der Waals surface area contributed by atoms with Gasteiger partial charge in [-0.05, 0) is 39.0 Å². The van der Waals surface area contributed by atoms with Crippen molar-refractivity contribution in [1.82, 2.24) is 34.8 Å². The lowest BCUT2D eigenvalue weighted by Gasteiger charge is -2.25. The van der Waals surface area contributed by atoms with E-state index in [4.69, 9.17) is 0 Å². The highest BCUT2D eigenvalue weighted by Crippen LogP contribution is 2.18. The maximum Gasteiger partial charge on any atom is 0.274 e. The molecule has 0 saturated carbocycles. The summed E-state index contributed by atoms with van der Waals surface area (Å²) in [5.74, 6) is 0.280. The standard InChI is InChI=1S/C20H26N8O2/c1-5-27(14-13-26(4)19-22-10-8-16(25-19)20(2,3)30)18(29)17-15(7-6-9-21-17)28-23-11-12-24-28/h6-12,30H,5,13-14H2,1-4H3. The minimum absolute atomic E-state index is 0.204. The number of carbonyl (C=O) groups is 1. The molecule has 10 heteroatoms. The van der Waals surface area contributed by atoms with Gasteiger partial charge in [-0.25, -0.2) is 15.0 Å². The smallest absolute Gasteiger partial charge is 0.274 e. The lowest BCUT2D eigenvalue weighted by atomic mass is 10.1. The van der Waals surface area contributed by atoms with Gasteiger partial charge in [-0.15, -0.1) is 4.80 Å². The molecule has 3 aromatic rings. The molecule has 10 nitrogen and oxygen atoms in total. The van der Waals surface area contributed by atoms with Crippen LogP contribution in [-0.4, -0.2) is 72.5 Å². The van der Waals surface area contributed by atoms with Crippen LogP contribution >= 0.6 is 0 Å². The molecule has 0 aliphatic rings. The van der Waals surface area contributed by atoms with E-state index in [0.717, 1.165) is 0 Å². The number of likely N-dealkylation sites (N-methyl/N-ethyl adjacent to an activating group) is 2. The second-order valence-electron chi connectivity index (χ2n) is 7.30. The molecule has 0 aromatic carbocycles. The van der Waals surface area contributed by atoms with Gasteiger partial charge in [0.25, 0.3) is 5.91 Å². The molecule has 0 fully saturated rings. The van der Waals surface area contributed by atoms with Crippen molar-refractivity contribution in [2.75, 3.05) is 31.6 Å². The lowest BCUT2D eigenvalue weighted by molar-refractivity contribution is 0.0737. The third-order valence-corrected chi connectivity index (χ3v) is 4.61. The molecule has 0 aliphatic carbocycles. The third-order valence-electron chi connectivity index (χ3n) is 4.61. The van der Waals surface area contributed by atoms with E-state index in [-0.39, 0.29) is 5.91 Å². The zero-order valence-corrected chi connectivity index (χ0v) is 17.6. The van der Waals surface area contributed by atoms with Crippen molar-refractivity contribution in [3.8, 4) is 5.69 Å². The largest absolute Gasteiger partial charge is 0.384 e. The predicted octanol–water partition coefficient (Wildman–Crippen LogP) is 1.28. The van der Waals surface area contributed by atoms with Crippen LogP contribution in [0.2, 0.25) is 0 Å². The number of hydrogen-bond donors (Lipinski definition) is 1. The van der Waals surface area contributed by atoms with Crippen molar-refractivity contribution in [1.29, 1.82) is 0 Å². The van der Waals surface area contributed by atoms with Crippen molar-refractivity contribution in [3.05, 3.63) is 54.4 Å². The van der Waals surface area contributed by atoms with Crippen LogP contribution in [0.1, 0.15) is 37.0 Å². The van der Waals surface area contributed by atoms with Gasteiger partial charge in [-0.3, -0.25) is 4.79 Å². The van der Waals surface area contributed by atoms with Gasteiger partial charge in [-0.1, -0.05) is 0 Å². The highest BCUT2D eigenvalue weighted by atomic mass is 16.3. The fourth-order valence-electron chi connectivity index (χ4n) is 2.86. The number of aromatic nitrogens is 6. The summed E-state index contributed by atoms with van der Waals surface area (Å²) in [5.41, 5.74) is 0.298. The number of aliphatic hydroxyl groups is 1. The molecule has 0 saturated heterocycles. The van der Waals surface area contributed by atoms with Crippen LogP contribution in [-0.2, 0) is 5.60 Å². The number of amides is 1. The quantitative estimate of drug-likeness (QED) is 0.591. The molecule has 0 bridgehead atoms. The number of pyridine rings is 1. The molecular formula is C20H26N8O2. The fourth-order valence-corrected chi connectivity index (χ4v) is 2.86. The third kappa shape index (κ3) is 4.77. The number of anilines is 1. The molecule has 158 valence electrons. The molecular weight excluding hydrogens is 384 g/mol. The molecule has 1 N–H and O–H groups in total. The SMILES string of the molecule is CCN(CCN(C)c1nccc(C(C)(C)O)n1)C(=O)c1ncccc1-n1nccn1. The Morgan fingerprint density at radius 2 is 1.83 bits per heavy atom. The lowest BCUT2D eigenvalue weighted by Crippen LogP contribution is -2.39. The van der Waals surface area contributed by atoms with Gasteiger partial charge in [-0.2, -0.15) is 10.2 Å². The summed E-state index contributed by atoms with van der Waals surface area (Å²) in [6.07, 6.45) is 6.30. The average molecular weight is 410 g/mol. The van der Waals surface area contributed by atoms with E-state index in [1.54, 1.807) is 61.7 Å². The van der Waals surface area contributed by atoms with E-state index in [0.29, 0.717) is 42.7 Å². The Morgan fingerprint density at radius 3 is 2.50 bits per heavy atom. The van der Waals surface area contributed by atoms with Crippen LogP contribution in [0.25, 0.3) is 5.69 Å². The first-order valence-corrected chi connectivity index (χ1v) is 9.69. The first-order valence-electron chi connectivity index (χ1n) is 9.69. The summed E-state index contributed by atoms with van der Waals surface area (Å²) in [4.78, 5) is 31.0. The molecule has 3 aromatic heterocycles. The van der Waals surface area contributed by atoms with Gasteiger partial charge in [0, 0.05) is 39.1 Å². The molecule has 0 aliphatic heterocycles. The summed E-state index contributed by atoms with van der Waals surface area (Å²) < 4.78 is 0. The fraction of sp³-hybridized carbons (Fsp3) is 0.400. The number of nitrogens with zero attached hydrogens (tertiary/aromatic N) is 8. The molecule has 1 amide bonds. The number of rotatable bonds is 8. The molecule has 0 radical (unpaired) electrons. The minimum atomic E-state index is -1.06. The van der Waals surface area contributed by atoms with Crippen molar-refractivity contribution in [3.63, 3.8) is 0 Å². The molecule has 0 spiro atoms. The summed E-state index contributed by atoms with van der Waals surface area (Å²) in [6, 6.07) is 5.19. The van der Waals surface area contributed by atoms with Crippen LogP contribution < -0.4 is 4.90 Å². The molecule has 3 heterocycles. The van der Waals surface area contributed by atoms with E-state index in [9.17, 15) is 9.90 Å². The summed E-state index contributed by atoms with van der Waals surface area (Å²) in [5, 5.41) is 18.4. The summed E-state index contributed by atoms with van der Waals surface area (Å²) in [7, 11) is 1.85. The van der Waals surface area contributed by atoms with Crippen LogP contribution in [0, 0.1) is 0 Å². The van der Waals surface area contributed by atoms with Crippen molar-refractivity contribution < 1.29 is 9.90 Å². The average Bonchev–Trinajstić information content (AvgIpc) is 3.28. The van der Waals surface area contributed by atoms with Crippen LogP contribution in [0.4, 0.5) is 5.95 Å². The Labute approximate surface area is 175 Å². The van der Waals surface area contributed by atoms with Gasteiger partial charge in [0.05, 0.1) is 18.1 Å². The Morgan fingerprint density at radius 1 is 1.10 bits per heavy atom. The van der Waals surface area contributed by atoms with E-state index in [1.165, 1.54) is 4.80 Å².